The van der Waals surface area contributed by atoms with Crippen LogP contribution in [0.1, 0.15) is 53.8 Å². The average Bonchev–Trinajstić information content (AvgIpc) is 3.19. The van der Waals surface area contributed by atoms with Crippen LogP contribution in [0, 0.1) is 20.8 Å². The molecular formula is C20H26N6O. The van der Waals surface area contributed by atoms with Crippen molar-refractivity contribution in [3.63, 3.8) is 0 Å². The summed E-state index contributed by atoms with van der Waals surface area (Å²) in [6.07, 6.45) is 7.48. The highest BCUT2D eigenvalue weighted by molar-refractivity contribution is 5.60. The Kier molecular flexibility index (Phi) is 4.78. The molecule has 0 amide bonds. The molecule has 1 atom stereocenters. The van der Waals surface area contributed by atoms with E-state index in [4.69, 9.17) is 9.51 Å². The lowest BCUT2D eigenvalue weighted by molar-refractivity contribution is 0.135. The number of aromatic nitrogens is 5. The second-order valence-electron chi connectivity index (χ2n) is 7.47. The largest absolute Gasteiger partial charge is 0.361 e. The predicted molar refractivity (Wildman–Crippen MR) is 102 cm³/mol. The molecule has 1 aliphatic heterocycles. The van der Waals surface area contributed by atoms with Gasteiger partial charge in [0.2, 0.25) is 0 Å². The fourth-order valence-corrected chi connectivity index (χ4v) is 3.95. The molecule has 0 radical (unpaired) electrons. The number of aryl methyl sites for hydroxylation is 4. The molecule has 7 nitrogen and oxygen atoms in total. The number of nitrogens with zero attached hydrogens (tertiary/aromatic N) is 6. The maximum atomic E-state index is 5.33. The molecule has 0 N–H and O–H groups in total. The van der Waals surface area contributed by atoms with E-state index < -0.39 is 0 Å². The van der Waals surface area contributed by atoms with Gasteiger partial charge in [-0.2, -0.15) is 0 Å². The number of likely N-dealkylation sites (tertiary alicyclic amines) is 1. The maximum Gasteiger partial charge on any atom is 0.165 e. The predicted octanol–water partition coefficient (Wildman–Crippen LogP) is 3.52. The number of rotatable bonds is 4. The summed E-state index contributed by atoms with van der Waals surface area (Å²) < 4.78 is 7.33. The summed E-state index contributed by atoms with van der Waals surface area (Å²) in [5.41, 5.74) is 4.89. The molecule has 3 aromatic rings. The van der Waals surface area contributed by atoms with Crippen molar-refractivity contribution >= 4 is 0 Å². The summed E-state index contributed by atoms with van der Waals surface area (Å²) in [7, 11) is 2.01. The summed E-state index contributed by atoms with van der Waals surface area (Å²) in [6.45, 7) is 7.78. The first-order valence-electron chi connectivity index (χ1n) is 9.51. The van der Waals surface area contributed by atoms with Gasteiger partial charge < -0.3 is 9.09 Å². The molecule has 142 valence electrons. The zero-order valence-corrected chi connectivity index (χ0v) is 16.4. The van der Waals surface area contributed by atoms with Crippen LogP contribution in [0.3, 0.4) is 0 Å². The van der Waals surface area contributed by atoms with Crippen molar-refractivity contribution in [2.24, 2.45) is 7.05 Å². The minimum Gasteiger partial charge on any atom is -0.361 e. The van der Waals surface area contributed by atoms with Crippen molar-refractivity contribution in [2.45, 2.75) is 52.6 Å². The van der Waals surface area contributed by atoms with E-state index in [0.29, 0.717) is 5.82 Å². The van der Waals surface area contributed by atoms with Crippen LogP contribution in [0.4, 0.5) is 0 Å². The Bertz CT molecular complexity index is 924. The van der Waals surface area contributed by atoms with Crippen LogP contribution in [0.25, 0.3) is 11.4 Å². The van der Waals surface area contributed by atoms with Gasteiger partial charge >= 0.3 is 0 Å². The molecule has 7 heteroatoms. The lowest BCUT2D eigenvalue weighted by Crippen LogP contribution is -2.33. The molecule has 4 heterocycles. The van der Waals surface area contributed by atoms with E-state index >= 15 is 0 Å². The lowest BCUT2D eigenvalue weighted by Gasteiger charge is -2.35. The molecule has 1 fully saturated rings. The van der Waals surface area contributed by atoms with E-state index in [9.17, 15) is 0 Å². The van der Waals surface area contributed by atoms with Gasteiger partial charge in [-0.3, -0.25) is 4.90 Å². The van der Waals surface area contributed by atoms with Gasteiger partial charge in [-0.15, -0.1) is 0 Å². The molecule has 3 aromatic heterocycles. The zero-order chi connectivity index (χ0) is 19.0. The Morgan fingerprint density at radius 1 is 1.19 bits per heavy atom. The van der Waals surface area contributed by atoms with Crippen LogP contribution in [-0.4, -0.2) is 36.1 Å². The van der Waals surface area contributed by atoms with E-state index in [2.05, 4.69) is 32.3 Å². The Hall–Kier alpha value is -2.54. The van der Waals surface area contributed by atoms with E-state index in [1.54, 1.807) is 0 Å². The van der Waals surface area contributed by atoms with Crippen LogP contribution < -0.4 is 0 Å². The summed E-state index contributed by atoms with van der Waals surface area (Å²) >= 11 is 0. The SMILES string of the molecule is Cc1cc([C@@H]2CCCCN2Cc2cn(C)cn2)nc(-c2c(C)noc2C)n1. The van der Waals surface area contributed by atoms with Crippen LogP contribution >= 0.6 is 0 Å². The standard InChI is InChI=1S/C20H26N6O/c1-13-9-17(23-20(22-13)19-14(2)24-27-15(19)3)18-7-5-6-8-26(18)11-16-10-25(4)12-21-16/h9-10,12,18H,5-8,11H2,1-4H3/t18-/m0/s1. The fourth-order valence-electron chi connectivity index (χ4n) is 3.95. The maximum absolute atomic E-state index is 5.33. The van der Waals surface area contributed by atoms with Crippen LogP contribution in [0.15, 0.2) is 23.1 Å². The molecule has 0 spiro atoms. The molecule has 0 aromatic carbocycles. The normalized spacial score (nSPS) is 18.1. The van der Waals surface area contributed by atoms with Gasteiger partial charge in [0.05, 0.1) is 35.0 Å². The van der Waals surface area contributed by atoms with E-state index in [0.717, 1.165) is 53.6 Å². The van der Waals surface area contributed by atoms with E-state index in [1.165, 1.54) is 12.8 Å². The highest BCUT2D eigenvalue weighted by Crippen LogP contribution is 2.33. The molecule has 0 saturated carbocycles. The topological polar surface area (TPSA) is 72.9 Å². The summed E-state index contributed by atoms with van der Waals surface area (Å²) in [5, 5.41) is 4.06. The number of imidazole rings is 1. The second kappa shape index (κ2) is 7.23. The number of hydrogen-bond donors (Lipinski definition) is 0. The first-order chi connectivity index (χ1) is 13.0. The quantitative estimate of drug-likeness (QED) is 0.703. The first-order valence-corrected chi connectivity index (χ1v) is 9.51. The van der Waals surface area contributed by atoms with Gasteiger partial charge in [-0.25, -0.2) is 15.0 Å². The number of hydrogen-bond acceptors (Lipinski definition) is 6. The molecule has 1 saturated heterocycles. The molecule has 0 unspecified atom stereocenters. The van der Waals surface area contributed by atoms with Crippen molar-refractivity contribution in [3.8, 4) is 11.4 Å². The average molecular weight is 366 g/mol. The minimum absolute atomic E-state index is 0.279. The highest BCUT2D eigenvalue weighted by Gasteiger charge is 2.27. The van der Waals surface area contributed by atoms with Crippen LogP contribution in [0.5, 0.6) is 0 Å². The summed E-state index contributed by atoms with van der Waals surface area (Å²) in [6, 6.07) is 2.39. The Morgan fingerprint density at radius 3 is 2.74 bits per heavy atom. The summed E-state index contributed by atoms with van der Waals surface area (Å²) in [5.74, 6) is 1.47. The zero-order valence-electron chi connectivity index (χ0n) is 16.4. The molecule has 0 bridgehead atoms. The second-order valence-corrected chi connectivity index (χ2v) is 7.47. The Morgan fingerprint density at radius 2 is 2.04 bits per heavy atom. The van der Waals surface area contributed by atoms with Crippen LogP contribution in [0.2, 0.25) is 0 Å². The van der Waals surface area contributed by atoms with Gasteiger partial charge in [0.15, 0.2) is 5.82 Å². The Labute approximate surface area is 159 Å². The third-order valence-corrected chi connectivity index (χ3v) is 5.21. The minimum atomic E-state index is 0.279. The van der Waals surface area contributed by atoms with Gasteiger partial charge in [0.25, 0.3) is 0 Å². The molecule has 27 heavy (non-hydrogen) atoms. The van der Waals surface area contributed by atoms with Crippen LogP contribution in [-0.2, 0) is 13.6 Å². The number of piperidine rings is 1. The Balaban J connectivity index is 1.68. The van der Waals surface area contributed by atoms with Crippen molar-refractivity contribution in [1.29, 1.82) is 0 Å². The van der Waals surface area contributed by atoms with Crippen molar-refractivity contribution < 1.29 is 4.52 Å². The first kappa shape index (κ1) is 17.9. The third kappa shape index (κ3) is 3.64. The van der Waals surface area contributed by atoms with Crippen molar-refractivity contribution in [3.05, 3.63) is 47.1 Å². The van der Waals surface area contributed by atoms with Gasteiger partial charge in [0, 0.05) is 25.5 Å². The monoisotopic (exact) mass is 366 g/mol. The van der Waals surface area contributed by atoms with Crippen molar-refractivity contribution in [2.75, 3.05) is 6.54 Å². The van der Waals surface area contributed by atoms with E-state index in [1.807, 2.05) is 38.7 Å². The molecular weight excluding hydrogens is 340 g/mol. The highest BCUT2D eigenvalue weighted by atomic mass is 16.5. The molecule has 0 aliphatic carbocycles. The van der Waals surface area contributed by atoms with Crippen molar-refractivity contribution in [1.82, 2.24) is 29.6 Å². The van der Waals surface area contributed by atoms with Gasteiger partial charge in [0.1, 0.15) is 5.76 Å². The smallest absolute Gasteiger partial charge is 0.165 e. The summed E-state index contributed by atoms with van der Waals surface area (Å²) in [4.78, 5) is 16.6. The lowest BCUT2D eigenvalue weighted by atomic mass is 9.98. The fraction of sp³-hybridized carbons (Fsp3) is 0.500. The van der Waals surface area contributed by atoms with Gasteiger partial charge in [-0.1, -0.05) is 11.6 Å². The van der Waals surface area contributed by atoms with Gasteiger partial charge in [-0.05, 0) is 46.2 Å². The molecule has 1 aliphatic rings. The third-order valence-electron chi connectivity index (χ3n) is 5.21. The van der Waals surface area contributed by atoms with E-state index in [-0.39, 0.29) is 6.04 Å². The molecule has 4 rings (SSSR count).